The molecule has 6 nitrogen and oxygen atoms in total. The summed E-state index contributed by atoms with van der Waals surface area (Å²) in [6.45, 7) is 0.0819. The van der Waals surface area contributed by atoms with E-state index in [-0.39, 0.29) is 12.4 Å². The van der Waals surface area contributed by atoms with E-state index in [0.29, 0.717) is 10.9 Å². The molecule has 1 aromatic heterocycles. The molecule has 2 rings (SSSR count). The number of carboxylic acids is 1. The van der Waals surface area contributed by atoms with Crippen molar-refractivity contribution >= 4 is 35.4 Å². The van der Waals surface area contributed by atoms with Gasteiger partial charge in [0, 0.05) is 11.5 Å². The van der Waals surface area contributed by atoms with Crippen LogP contribution in [0.15, 0.2) is 48.5 Å². The number of aliphatic carboxylic acids is 1. The van der Waals surface area contributed by atoms with Crippen LogP contribution in [0.3, 0.4) is 0 Å². The second-order valence-corrected chi connectivity index (χ2v) is 6.48. The minimum atomic E-state index is -1.12. The zero-order valence-electron chi connectivity index (χ0n) is 13.2. The molecular formula is C17H17ClN2O4S. The molecule has 0 bridgehead atoms. The van der Waals surface area contributed by atoms with Crippen molar-refractivity contribution in [1.82, 2.24) is 10.3 Å². The molecule has 1 aromatic carbocycles. The molecule has 0 aliphatic rings. The molecule has 132 valence electrons. The molecule has 0 radical (unpaired) electrons. The van der Waals surface area contributed by atoms with Crippen LogP contribution >= 0.6 is 23.4 Å². The largest absolute Gasteiger partial charge is 0.480 e. The van der Waals surface area contributed by atoms with Gasteiger partial charge in [-0.05, 0) is 17.7 Å². The van der Waals surface area contributed by atoms with E-state index in [9.17, 15) is 14.7 Å². The van der Waals surface area contributed by atoms with Crippen LogP contribution in [-0.4, -0.2) is 33.9 Å². The summed E-state index contributed by atoms with van der Waals surface area (Å²) in [6, 6.07) is 13.3. The molecule has 2 aromatic rings. The van der Waals surface area contributed by atoms with Crippen LogP contribution in [0, 0.1) is 0 Å². The molecular weight excluding hydrogens is 364 g/mol. The Balaban J connectivity index is 1.77. The van der Waals surface area contributed by atoms with E-state index in [4.69, 9.17) is 16.3 Å². The summed E-state index contributed by atoms with van der Waals surface area (Å²) in [5, 5.41) is 12.0. The van der Waals surface area contributed by atoms with E-state index < -0.39 is 18.1 Å². The van der Waals surface area contributed by atoms with Crippen molar-refractivity contribution in [2.24, 2.45) is 0 Å². The maximum absolute atomic E-state index is 11.8. The van der Waals surface area contributed by atoms with Gasteiger partial charge in [0.05, 0.1) is 5.69 Å². The second-order valence-electron chi connectivity index (χ2n) is 5.06. The summed E-state index contributed by atoms with van der Waals surface area (Å²) < 4.78 is 5.04. The number of hydrogen-bond acceptors (Lipinski definition) is 5. The first kappa shape index (κ1) is 19.1. The molecule has 0 aliphatic heterocycles. The summed E-state index contributed by atoms with van der Waals surface area (Å²) in [7, 11) is 0. The fourth-order valence-electron chi connectivity index (χ4n) is 1.89. The van der Waals surface area contributed by atoms with Crippen LogP contribution in [0.25, 0.3) is 0 Å². The van der Waals surface area contributed by atoms with Crippen LogP contribution in [0.5, 0.6) is 0 Å². The lowest BCUT2D eigenvalue weighted by atomic mass is 10.2. The van der Waals surface area contributed by atoms with Crippen LogP contribution < -0.4 is 5.32 Å². The lowest BCUT2D eigenvalue weighted by molar-refractivity contribution is -0.138. The number of carbonyl (C=O) groups excluding carboxylic acids is 1. The smallest absolute Gasteiger partial charge is 0.408 e. The number of carbonyl (C=O) groups is 2. The monoisotopic (exact) mass is 380 g/mol. The van der Waals surface area contributed by atoms with Gasteiger partial charge >= 0.3 is 12.1 Å². The number of nitrogens with zero attached hydrogens (tertiary/aromatic N) is 1. The maximum atomic E-state index is 11.8. The van der Waals surface area contributed by atoms with Crippen molar-refractivity contribution in [1.29, 1.82) is 0 Å². The second kappa shape index (κ2) is 9.90. The van der Waals surface area contributed by atoms with Gasteiger partial charge in [-0.2, -0.15) is 11.8 Å². The fraction of sp³-hybridized carbons (Fsp3) is 0.235. The highest BCUT2D eigenvalue weighted by molar-refractivity contribution is 7.98. The van der Waals surface area contributed by atoms with Crippen LogP contribution in [0.1, 0.15) is 11.3 Å². The lowest BCUT2D eigenvalue weighted by Crippen LogP contribution is -2.42. The Hall–Kier alpha value is -2.25. The number of aromatic nitrogens is 1. The van der Waals surface area contributed by atoms with Gasteiger partial charge in [-0.25, -0.2) is 14.6 Å². The Morgan fingerprint density at radius 3 is 2.64 bits per heavy atom. The van der Waals surface area contributed by atoms with Crippen molar-refractivity contribution in [3.05, 3.63) is 64.9 Å². The molecule has 0 saturated heterocycles. The van der Waals surface area contributed by atoms with Crippen LogP contribution in [-0.2, 0) is 21.9 Å². The molecule has 1 heterocycles. The number of carboxylic acid groups (broad SMARTS) is 1. The van der Waals surface area contributed by atoms with E-state index in [2.05, 4.69) is 10.3 Å². The number of rotatable bonds is 8. The van der Waals surface area contributed by atoms with E-state index in [1.807, 2.05) is 30.3 Å². The lowest BCUT2D eigenvalue weighted by Gasteiger charge is -2.14. The van der Waals surface area contributed by atoms with Gasteiger partial charge in [-0.3, -0.25) is 0 Å². The molecule has 1 atom stereocenters. The van der Waals surface area contributed by atoms with E-state index in [1.165, 1.54) is 11.8 Å². The number of benzene rings is 1. The van der Waals surface area contributed by atoms with Gasteiger partial charge in [0.25, 0.3) is 0 Å². The third-order valence-electron chi connectivity index (χ3n) is 3.11. The van der Waals surface area contributed by atoms with E-state index in [1.54, 1.807) is 18.2 Å². The molecule has 1 unspecified atom stereocenters. The third-order valence-corrected chi connectivity index (χ3v) is 4.39. The minimum absolute atomic E-state index is 0.0819. The fourth-order valence-corrected chi connectivity index (χ4v) is 3.02. The number of nitrogens with one attached hydrogen (secondary N) is 1. The molecule has 8 heteroatoms. The van der Waals surface area contributed by atoms with Crippen LogP contribution in [0.2, 0.25) is 5.15 Å². The molecule has 2 N–H and O–H groups in total. The first-order valence-electron chi connectivity index (χ1n) is 7.44. The number of ether oxygens (including phenoxy) is 1. The number of pyridine rings is 1. The molecule has 0 spiro atoms. The first-order valence-corrected chi connectivity index (χ1v) is 8.97. The van der Waals surface area contributed by atoms with Gasteiger partial charge in [0.1, 0.15) is 17.8 Å². The highest BCUT2D eigenvalue weighted by atomic mass is 35.5. The Kier molecular flexibility index (Phi) is 7.56. The van der Waals surface area contributed by atoms with Gasteiger partial charge in [-0.1, -0.05) is 48.0 Å². The minimum Gasteiger partial charge on any atom is -0.480 e. The predicted octanol–water partition coefficient (Wildman–Crippen LogP) is 3.35. The Morgan fingerprint density at radius 2 is 1.96 bits per heavy atom. The number of hydrogen-bond donors (Lipinski definition) is 2. The summed E-state index contributed by atoms with van der Waals surface area (Å²) >= 11 is 7.14. The average molecular weight is 381 g/mol. The first-order chi connectivity index (χ1) is 12.0. The average Bonchev–Trinajstić information content (AvgIpc) is 2.60. The predicted molar refractivity (Wildman–Crippen MR) is 96.6 cm³/mol. The maximum Gasteiger partial charge on any atom is 0.408 e. The summed E-state index contributed by atoms with van der Waals surface area (Å²) in [6.07, 6.45) is -0.766. The summed E-state index contributed by atoms with van der Waals surface area (Å²) in [5.41, 5.74) is 1.57. The van der Waals surface area contributed by atoms with Crippen molar-refractivity contribution in [3.63, 3.8) is 0 Å². The zero-order chi connectivity index (χ0) is 18.1. The Morgan fingerprint density at radius 1 is 1.20 bits per heavy atom. The number of amides is 1. The Bertz CT molecular complexity index is 715. The van der Waals surface area contributed by atoms with Crippen molar-refractivity contribution in [2.45, 2.75) is 18.4 Å². The number of alkyl carbamates (subject to hydrolysis) is 1. The van der Waals surface area contributed by atoms with Crippen molar-refractivity contribution < 1.29 is 19.4 Å². The number of thioether (sulfide) groups is 1. The zero-order valence-corrected chi connectivity index (χ0v) is 14.8. The SMILES string of the molecule is O=C(NC(CSCc1cccc(Cl)n1)C(=O)O)OCc1ccccc1. The summed E-state index contributed by atoms with van der Waals surface area (Å²) in [4.78, 5) is 27.2. The molecule has 0 fully saturated rings. The Labute approximate surface area is 154 Å². The highest BCUT2D eigenvalue weighted by Gasteiger charge is 2.20. The normalized spacial score (nSPS) is 11.6. The molecule has 0 saturated carbocycles. The molecule has 25 heavy (non-hydrogen) atoms. The van der Waals surface area contributed by atoms with Gasteiger partial charge in [0.15, 0.2) is 0 Å². The van der Waals surface area contributed by atoms with Crippen LogP contribution in [0.4, 0.5) is 4.79 Å². The standard InChI is InChI=1S/C17H17ClN2O4S/c18-15-8-4-7-13(19-15)10-25-11-14(16(21)22)20-17(23)24-9-12-5-2-1-3-6-12/h1-8,14H,9-11H2,(H,20,23)(H,21,22). The van der Waals surface area contributed by atoms with Crippen molar-refractivity contribution in [3.8, 4) is 0 Å². The molecule has 0 aliphatic carbocycles. The van der Waals surface area contributed by atoms with Gasteiger partial charge in [-0.15, -0.1) is 0 Å². The third kappa shape index (κ3) is 7.03. The molecule has 1 amide bonds. The summed E-state index contributed by atoms with van der Waals surface area (Å²) in [5.74, 6) is -0.446. The quantitative estimate of drug-likeness (QED) is 0.683. The van der Waals surface area contributed by atoms with E-state index >= 15 is 0 Å². The number of halogens is 1. The van der Waals surface area contributed by atoms with Crippen molar-refractivity contribution in [2.75, 3.05) is 5.75 Å². The van der Waals surface area contributed by atoms with Gasteiger partial charge < -0.3 is 15.2 Å². The van der Waals surface area contributed by atoms with Gasteiger partial charge in [0.2, 0.25) is 0 Å². The van der Waals surface area contributed by atoms with E-state index in [0.717, 1.165) is 11.3 Å². The topological polar surface area (TPSA) is 88.5 Å². The highest BCUT2D eigenvalue weighted by Crippen LogP contribution is 2.14.